The van der Waals surface area contributed by atoms with Crippen LogP contribution in [0.15, 0.2) is 59.9 Å². The number of hydrogen-bond donors (Lipinski definition) is 0. The summed E-state index contributed by atoms with van der Waals surface area (Å²) in [5.74, 6) is -10.6. The number of ether oxygens (including phenoxy) is 1. The molecule has 10 heteroatoms. The van der Waals surface area contributed by atoms with E-state index in [0.717, 1.165) is 21.9 Å². The fourth-order valence-electron chi connectivity index (χ4n) is 7.30. The van der Waals surface area contributed by atoms with Gasteiger partial charge >= 0.3 is 5.97 Å². The molecule has 2 unspecified atom stereocenters. The van der Waals surface area contributed by atoms with E-state index < -0.39 is 76.2 Å². The Hall–Kier alpha value is -4.21. The van der Waals surface area contributed by atoms with Gasteiger partial charge in [0.05, 0.1) is 40.5 Å². The molecule has 0 aromatic heterocycles. The molecule has 3 fully saturated rings. The summed E-state index contributed by atoms with van der Waals surface area (Å²) in [4.78, 5) is 69.8. The summed E-state index contributed by atoms with van der Waals surface area (Å²) < 4.78 is 35.3. The molecule has 2 aromatic carbocycles. The molecule has 7 rings (SSSR count). The number of benzene rings is 2. The fraction of sp³-hybridized carbons (Fsp3) is 0.345. The number of rotatable bonds is 4. The van der Waals surface area contributed by atoms with E-state index in [1.54, 1.807) is 13.8 Å². The molecule has 3 aliphatic carbocycles. The van der Waals surface area contributed by atoms with Gasteiger partial charge in [0.25, 0.3) is 0 Å². The maximum atomic E-state index is 14.8. The number of carbonyl (C=O) groups is 5. The molecule has 5 aliphatic rings. The zero-order chi connectivity index (χ0) is 28.0. The largest absolute Gasteiger partial charge is 0.430 e. The van der Waals surface area contributed by atoms with Crippen LogP contribution in [0.5, 0.6) is 0 Å². The first-order chi connectivity index (χ1) is 18.5. The summed E-state index contributed by atoms with van der Waals surface area (Å²) in [6, 6.07) is 10.7. The third-order valence-electron chi connectivity index (χ3n) is 8.81. The summed E-state index contributed by atoms with van der Waals surface area (Å²) in [7, 11) is 0. The van der Waals surface area contributed by atoms with Crippen LogP contribution in [-0.4, -0.2) is 29.6 Å². The smallest absolute Gasteiger partial charge is 0.310 e. The van der Waals surface area contributed by atoms with Gasteiger partial charge in [-0.15, -0.1) is 0 Å². The molecule has 2 aliphatic heterocycles. The fourth-order valence-corrected chi connectivity index (χ4v) is 7.30. The van der Waals surface area contributed by atoms with E-state index in [0.29, 0.717) is 5.57 Å². The second-order valence-electron chi connectivity index (χ2n) is 10.6. The van der Waals surface area contributed by atoms with Crippen molar-refractivity contribution in [3.63, 3.8) is 0 Å². The molecule has 0 spiro atoms. The number of allylic oxidation sites excluding steroid dienone is 2. The molecule has 8 nitrogen and oxygen atoms in total. The molecule has 0 radical (unpaired) electrons. The molecule has 6 atom stereocenters. The molecule has 2 bridgehead atoms. The number of esters is 1. The van der Waals surface area contributed by atoms with Crippen LogP contribution in [0.2, 0.25) is 0 Å². The summed E-state index contributed by atoms with van der Waals surface area (Å²) >= 11 is 0. The number of para-hydroxylation sites is 2. The van der Waals surface area contributed by atoms with Crippen molar-refractivity contribution in [2.75, 3.05) is 9.80 Å². The Balaban J connectivity index is 1.56. The zero-order valence-corrected chi connectivity index (χ0v) is 21.3. The number of nitrogens with zero attached hydrogens (tertiary/aromatic N) is 2. The van der Waals surface area contributed by atoms with Gasteiger partial charge in [0.1, 0.15) is 17.4 Å². The highest BCUT2D eigenvalue weighted by Crippen LogP contribution is 2.69. The first-order valence-corrected chi connectivity index (χ1v) is 12.7. The lowest BCUT2D eigenvalue weighted by Crippen LogP contribution is -2.60. The van der Waals surface area contributed by atoms with Crippen molar-refractivity contribution in [1.29, 1.82) is 0 Å². The van der Waals surface area contributed by atoms with Crippen LogP contribution in [0.1, 0.15) is 27.2 Å². The number of carbonyl (C=O) groups excluding carboxylic acids is 5. The quantitative estimate of drug-likeness (QED) is 0.438. The molecule has 4 amide bonds. The van der Waals surface area contributed by atoms with Gasteiger partial charge in [-0.2, -0.15) is 0 Å². The topological polar surface area (TPSA) is 101 Å². The Morgan fingerprint density at radius 1 is 0.795 bits per heavy atom. The standard InChI is InChI=1S/C29H24F2N2O6/c1-4-18(34)39-24-13(2)19-20-22(27(37)32(25(20)35)16-11-7-5-9-14(16)30)29(24,3)23-21(19)26(36)33(28(23)38)17-12-8-6-10-15(17)31/h5-12,19-23H,4H2,1-3H3/t19?,20-,21+,22-,23-,29?/m1/s1. The average Bonchev–Trinajstić information content (AvgIpc) is 3.33. The van der Waals surface area contributed by atoms with Gasteiger partial charge in [-0.1, -0.05) is 38.1 Å². The van der Waals surface area contributed by atoms with E-state index in [1.165, 1.54) is 43.3 Å². The zero-order valence-electron chi connectivity index (χ0n) is 21.3. The van der Waals surface area contributed by atoms with Gasteiger partial charge in [0, 0.05) is 12.3 Å². The van der Waals surface area contributed by atoms with Crippen molar-refractivity contribution in [1.82, 2.24) is 0 Å². The number of imide groups is 2. The van der Waals surface area contributed by atoms with Crippen LogP contribution < -0.4 is 9.80 Å². The minimum absolute atomic E-state index is 0.00216. The number of halogens is 2. The normalized spacial score (nSPS) is 31.3. The van der Waals surface area contributed by atoms with E-state index in [1.807, 2.05) is 0 Å². The molecule has 200 valence electrons. The SMILES string of the molecule is CCC(=O)OC1=C(C)C2[C@H]3C(=O)N(c4ccccc4F)C(=O)[C@@H]3C1(C)[C@H]1C(=O)N(c3ccccc3F)C(=O)[C@@H]21. The van der Waals surface area contributed by atoms with Crippen molar-refractivity contribution < 1.29 is 37.5 Å². The van der Waals surface area contributed by atoms with Crippen molar-refractivity contribution >= 4 is 41.0 Å². The molecule has 1 saturated carbocycles. The molecule has 2 heterocycles. The van der Waals surface area contributed by atoms with Gasteiger partial charge in [0.2, 0.25) is 23.6 Å². The van der Waals surface area contributed by atoms with Crippen LogP contribution in [0.3, 0.4) is 0 Å². The van der Waals surface area contributed by atoms with E-state index in [4.69, 9.17) is 4.74 Å². The number of anilines is 2. The van der Waals surface area contributed by atoms with Crippen molar-refractivity contribution in [3.8, 4) is 0 Å². The van der Waals surface area contributed by atoms with E-state index in [9.17, 15) is 32.8 Å². The number of amides is 4. The number of hydrogen-bond acceptors (Lipinski definition) is 6. The van der Waals surface area contributed by atoms with Crippen LogP contribution >= 0.6 is 0 Å². The van der Waals surface area contributed by atoms with Gasteiger partial charge in [0.15, 0.2) is 0 Å². The lowest BCUT2D eigenvalue weighted by Gasteiger charge is -2.55. The highest BCUT2D eigenvalue weighted by atomic mass is 19.1. The van der Waals surface area contributed by atoms with E-state index >= 15 is 0 Å². The Kier molecular flexibility index (Phi) is 5.40. The first kappa shape index (κ1) is 25.1. The highest BCUT2D eigenvalue weighted by molar-refractivity contribution is 6.27. The van der Waals surface area contributed by atoms with E-state index in [2.05, 4.69) is 0 Å². The Bertz CT molecular complexity index is 1440. The van der Waals surface area contributed by atoms with Gasteiger partial charge < -0.3 is 4.74 Å². The van der Waals surface area contributed by atoms with Crippen molar-refractivity contribution in [3.05, 3.63) is 71.5 Å². The monoisotopic (exact) mass is 534 g/mol. The minimum atomic E-state index is -1.61. The van der Waals surface area contributed by atoms with Gasteiger partial charge in [-0.05, 0) is 36.8 Å². The van der Waals surface area contributed by atoms with Gasteiger partial charge in [-0.3, -0.25) is 24.0 Å². The molecule has 0 N–H and O–H groups in total. The van der Waals surface area contributed by atoms with Crippen molar-refractivity contribution in [2.45, 2.75) is 27.2 Å². The average molecular weight is 535 g/mol. The molecular formula is C29H24F2N2O6. The third kappa shape index (κ3) is 3.05. The highest BCUT2D eigenvalue weighted by Gasteiger charge is 2.77. The first-order valence-electron chi connectivity index (χ1n) is 12.7. The van der Waals surface area contributed by atoms with Gasteiger partial charge in [-0.25, -0.2) is 18.6 Å². The predicted octanol–water partition coefficient (Wildman–Crippen LogP) is 3.75. The molecular weight excluding hydrogens is 510 g/mol. The Morgan fingerprint density at radius 2 is 1.23 bits per heavy atom. The Labute approximate surface area is 222 Å². The lowest BCUT2D eigenvalue weighted by atomic mass is 9.45. The maximum Gasteiger partial charge on any atom is 0.310 e. The second-order valence-corrected chi connectivity index (χ2v) is 10.6. The molecule has 2 aromatic rings. The summed E-state index contributed by atoms with van der Waals surface area (Å²) in [5.41, 5.74) is -1.68. The molecule has 2 saturated heterocycles. The summed E-state index contributed by atoms with van der Waals surface area (Å²) in [5, 5.41) is 0. The van der Waals surface area contributed by atoms with Crippen LogP contribution in [0.4, 0.5) is 20.2 Å². The van der Waals surface area contributed by atoms with Crippen molar-refractivity contribution in [2.24, 2.45) is 35.0 Å². The Morgan fingerprint density at radius 3 is 1.64 bits per heavy atom. The minimum Gasteiger partial charge on any atom is -0.430 e. The maximum absolute atomic E-state index is 14.8. The van der Waals surface area contributed by atoms with Crippen LogP contribution in [-0.2, 0) is 28.7 Å². The second kappa shape index (κ2) is 8.39. The summed E-state index contributed by atoms with van der Waals surface area (Å²) in [6.07, 6.45) is 0.00216. The lowest BCUT2D eigenvalue weighted by molar-refractivity contribution is -0.160. The van der Waals surface area contributed by atoms with Crippen LogP contribution in [0, 0.1) is 46.6 Å². The third-order valence-corrected chi connectivity index (χ3v) is 8.81. The van der Waals surface area contributed by atoms with E-state index in [-0.39, 0.29) is 23.6 Å². The summed E-state index contributed by atoms with van der Waals surface area (Å²) in [6.45, 7) is 4.73. The molecule has 39 heavy (non-hydrogen) atoms. The van der Waals surface area contributed by atoms with Crippen LogP contribution in [0.25, 0.3) is 0 Å². The predicted molar refractivity (Wildman–Crippen MR) is 132 cm³/mol.